The SMILES string of the molecule is C=C(OC(=O)c1ccccc1)c1ccccc1O. The highest BCUT2D eigenvalue weighted by Gasteiger charge is 2.12. The van der Waals surface area contributed by atoms with Gasteiger partial charge in [0.15, 0.2) is 0 Å². The minimum absolute atomic E-state index is 0.0309. The molecule has 0 aromatic heterocycles. The van der Waals surface area contributed by atoms with Crippen molar-refractivity contribution in [3.05, 3.63) is 72.3 Å². The second-order valence-corrected chi connectivity index (χ2v) is 3.70. The highest BCUT2D eigenvalue weighted by Crippen LogP contribution is 2.24. The van der Waals surface area contributed by atoms with Crippen LogP contribution in [0.3, 0.4) is 0 Å². The monoisotopic (exact) mass is 240 g/mol. The van der Waals surface area contributed by atoms with Crippen molar-refractivity contribution in [1.29, 1.82) is 0 Å². The Bertz CT molecular complexity index is 573. The number of esters is 1. The number of hydrogen-bond acceptors (Lipinski definition) is 3. The molecule has 0 saturated carbocycles. The Labute approximate surface area is 105 Å². The van der Waals surface area contributed by atoms with Crippen LogP contribution in [-0.2, 0) is 4.74 Å². The van der Waals surface area contributed by atoms with Crippen LogP contribution in [0, 0.1) is 0 Å². The summed E-state index contributed by atoms with van der Waals surface area (Å²) in [5.74, 6) is -0.339. The lowest BCUT2D eigenvalue weighted by Gasteiger charge is -2.08. The highest BCUT2D eigenvalue weighted by molar-refractivity contribution is 5.93. The lowest BCUT2D eigenvalue weighted by molar-refractivity contribution is 0.0692. The first-order valence-corrected chi connectivity index (χ1v) is 5.43. The standard InChI is InChI=1S/C15H12O3/c1-11(13-9-5-6-10-14(13)16)18-15(17)12-7-3-2-4-8-12/h2-10,16H,1H2. The molecule has 2 aromatic rings. The first kappa shape index (κ1) is 11.9. The van der Waals surface area contributed by atoms with Gasteiger partial charge in [0.1, 0.15) is 11.5 Å². The number of benzene rings is 2. The Morgan fingerprint density at radius 3 is 2.28 bits per heavy atom. The quantitative estimate of drug-likeness (QED) is 0.661. The fourth-order valence-electron chi connectivity index (χ4n) is 1.51. The lowest BCUT2D eigenvalue weighted by Crippen LogP contribution is -2.03. The molecule has 0 fully saturated rings. The van der Waals surface area contributed by atoms with Gasteiger partial charge >= 0.3 is 5.97 Å². The summed E-state index contributed by atoms with van der Waals surface area (Å²) in [6.45, 7) is 3.65. The van der Waals surface area contributed by atoms with E-state index < -0.39 is 5.97 Å². The maximum Gasteiger partial charge on any atom is 0.343 e. The van der Waals surface area contributed by atoms with Crippen LogP contribution in [0.25, 0.3) is 5.76 Å². The molecule has 0 atom stereocenters. The molecule has 0 aliphatic carbocycles. The number of aromatic hydroxyl groups is 1. The second kappa shape index (κ2) is 5.19. The van der Waals surface area contributed by atoms with Gasteiger partial charge in [-0.05, 0) is 24.3 Å². The zero-order valence-electron chi connectivity index (χ0n) is 9.67. The molecule has 0 amide bonds. The number of carbonyl (C=O) groups excluding carboxylic acids is 1. The molecule has 3 heteroatoms. The number of phenolic OH excluding ortho intramolecular Hbond substituents is 1. The maximum absolute atomic E-state index is 11.8. The number of para-hydroxylation sites is 1. The third-order valence-corrected chi connectivity index (χ3v) is 2.43. The van der Waals surface area contributed by atoms with E-state index >= 15 is 0 Å². The van der Waals surface area contributed by atoms with Crippen molar-refractivity contribution < 1.29 is 14.6 Å². The van der Waals surface area contributed by atoms with Crippen LogP contribution >= 0.6 is 0 Å². The van der Waals surface area contributed by atoms with Gasteiger partial charge in [-0.15, -0.1) is 0 Å². The summed E-state index contributed by atoms with van der Waals surface area (Å²) >= 11 is 0. The molecule has 0 aliphatic heterocycles. The topological polar surface area (TPSA) is 46.5 Å². The predicted molar refractivity (Wildman–Crippen MR) is 69.0 cm³/mol. The molecule has 1 N–H and O–H groups in total. The average Bonchev–Trinajstić information content (AvgIpc) is 2.40. The molecule has 0 saturated heterocycles. The minimum atomic E-state index is -0.496. The minimum Gasteiger partial charge on any atom is -0.507 e. The van der Waals surface area contributed by atoms with Gasteiger partial charge in [0, 0.05) is 0 Å². The van der Waals surface area contributed by atoms with E-state index in [0.717, 1.165) is 0 Å². The molecular formula is C15H12O3. The summed E-state index contributed by atoms with van der Waals surface area (Å²) in [5.41, 5.74) is 0.843. The first-order chi connectivity index (χ1) is 8.68. The van der Waals surface area contributed by atoms with Gasteiger partial charge in [-0.25, -0.2) is 4.79 Å². The summed E-state index contributed by atoms with van der Waals surface area (Å²) in [7, 11) is 0. The van der Waals surface area contributed by atoms with Gasteiger partial charge in [-0.1, -0.05) is 36.9 Å². The maximum atomic E-state index is 11.8. The fourth-order valence-corrected chi connectivity index (χ4v) is 1.51. The van der Waals surface area contributed by atoms with Crippen molar-refractivity contribution in [2.45, 2.75) is 0 Å². The molecule has 0 aliphatic rings. The zero-order chi connectivity index (χ0) is 13.0. The summed E-state index contributed by atoms with van der Waals surface area (Å²) in [5, 5.41) is 9.61. The Kier molecular flexibility index (Phi) is 3.44. The third-order valence-electron chi connectivity index (χ3n) is 2.43. The van der Waals surface area contributed by atoms with Gasteiger partial charge in [0.25, 0.3) is 0 Å². The van der Waals surface area contributed by atoms with Crippen LogP contribution in [0.15, 0.2) is 61.2 Å². The fraction of sp³-hybridized carbons (Fsp3) is 0. The van der Waals surface area contributed by atoms with E-state index in [0.29, 0.717) is 11.1 Å². The molecule has 2 rings (SSSR count). The van der Waals surface area contributed by atoms with Crippen LogP contribution in [0.5, 0.6) is 5.75 Å². The van der Waals surface area contributed by atoms with Crippen molar-refractivity contribution in [3.8, 4) is 5.75 Å². The van der Waals surface area contributed by atoms with E-state index in [1.165, 1.54) is 6.07 Å². The number of phenols is 1. The highest BCUT2D eigenvalue weighted by atomic mass is 16.5. The molecular weight excluding hydrogens is 228 g/mol. The van der Waals surface area contributed by atoms with Gasteiger partial charge < -0.3 is 9.84 Å². The van der Waals surface area contributed by atoms with Crippen LogP contribution in [0.2, 0.25) is 0 Å². The number of rotatable bonds is 3. The zero-order valence-corrected chi connectivity index (χ0v) is 9.67. The molecule has 90 valence electrons. The van der Waals surface area contributed by atoms with Crippen molar-refractivity contribution >= 4 is 11.7 Å². The van der Waals surface area contributed by atoms with E-state index in [4.69, 9.17) is 4.74 Å². The average molecular weight is 240 g/mol. The molecule has 0 spiro atoms. The normalized spacial score (nSPS) is 9.78. The second-order valence-electron chi connectivity index (χ2n) is 3.70. The molecule has 0 heterocycles. The Hall–Kier alpha value is -2.55. The number of ether oxygens (including phenoxy) is 1. The third kappa shape index (κ3) is 2.58. The van der Waals surface area contributed by atoms with Crippen LogP contribution in [0.4, 0.5) is 0 Å². The summed E-state index contributed by atoms with van der Waals surface area (Å²) in [6, 6.07) is 15.2. The van der Waals surface area contributed by atoms with E-state index in [-0.39, 0.29) is 11.5 Å². The Morgan fingerprint density at radius 1 is 1.00 bits per heavy atom. The summed E-state index contributed by atoms with van der Waals surface area (Å²) in [6.07, 6.45) is 0. The van der Waals surface area contributed by atoms with Crippen molar-refractivity contribution in [3.63, 3.8) is 0 Å². The van der Waals surface area contributed by atoms with Crippen LogP contribution in [-0.4, -0.2) is 11.1 Å². The number of carbonyl (C=O) groups is 1. The van der Waals surface area contributed by atoms with E-state index in [1.54, 1.807) is 42.5 Å². The van der Waals surface area contributed by atoms with Gasteiger partial charge in [0.05, 0.1) is 11.1 Å². The van der Waals surface area contributed by atoms with Crippen LogP contribution < -0.4 is 0 Å². The number of hydrogen-bond donors (Lipinski definition) is 1. The van der Waals surface area contributed by atoms with Crippen molar-refractivity contribution in [2.75, 3.05) is 0 Å². The lowest BCUT2D eigenvalue weighted by atomic mass is 10.1. The molecule has 3 nitrogen and oxygen atoms in total. The Balaban J connectivity index is 2.14. The van der Waals surface area contributed by atoms with Gasteiger partial charge in [-0.2, -0.15) is 0 Å². The first-order valence-electron chi connectivity index (χ1n) is 5.43. The van der Waals surface area contributed by atoms with E-state index in [9.17, 15) is 9.90 Å². The van der Waals surface area contributed by atoms with E-state index in [2.05, 4.69) is 6.58 Å². The molecule has 0 bridgehead atoms. The van der Waals surface area contributed by atoms with Crippen molar-refractivity contribution in [1.82, 2.24) is 0 Å². The van der Waals surface area contributed by atoms with Gasteiger partial charge in [-0.3, -0.25) is 0 Å². The Morgan fingerprint density at radius 2 is 1.61 bits per heavy atom. The predicted octanol–water partition coefficient (Wildman–Crippen LogP) is 3.22. The summed E-state index contributed by atoms with van der Waals surface area (Å²) in [4.78, 5) is 11.8. The van der Waals surface area contributed by atoms with Crippen molar-refractivity contribution in [2.24, 2.45) is 0 Å². The molecule has 18 heavy (non-hydrogen) atoms. The smallest absolute Gasteiger partial charge is 0.343 e. The molecule has 0 unspecified atom stereocenters. The van der Waals surface area contributed by atoms with Gasteiger partial charge in [0.2, 0.25) is 0 Å². The summed E-state index contributed by atoms with van der Waals surface area (Å²) < 4.78 is 5.11. The largest absolute Gasteiger partial charge is 0.507 e. The van der Waals surface area contributed by atoms with E-state index in [1.807, 2.05) is 6.07 Å². The van der Waals surface area contributed by atoms with Crippen LogP contribution in [0.1, 0.15) is 15.9 Å². The molecule has 2 aromatic carbocycles. The molecule has 0 radical (unpaired) electrons.